The summed E-state index contributed by atoms with van der Waals surface area (Å²) in [6.45, 7) is 0.385. The van der Waals surface area contributed by atoms with E-state index < -0.39 is 0 Å². The Morgan fingerprint density at radius 1 is 0.923 bits per heavy atom. The average Bonchev–Trinajstić information content (AvgIpc) is 3.16. The van der Waals surface area contributed by atoms with Gasteiger partial charge in [-0.15, -0.1) is 0 Å². The van der Waals surface area contributed by atoms with Crippen LogP contribution in [-0.2, 0) is 6.61 Å². The molecule has 0 aliphatic heterocycles. The minimum atomic E-state index is -0.145. The molecule has 0 atom stereocenters. The molecule has 0 saturated carbocycles. The zero-order valence-corrected chi connectivity index (χ0v) is 14.1. The highest BCUT2D eigenvalue weighted by atomic mass is 16.5. The van der Waals surface area contributed by atoms with Crippen molar-refractivity contribution in [2.24, 2.45) is 0 Å². The van der Waals surface area contributed by atoms with Gasteiger partial charge in [0.25, 0.3) is 5.91 Å². The molecule has 1 amide bonds. The third kappa shape index (κ3) is 3.44. The first kappa shape index (κ1) is 16.0. The first-order valence-electron chi connectivity index (χ1n) is 8.44. The summed E-state index contributed by atoms with van der Waals surface area (Å²) in [5, 5.41) is 4.07. The van der Waals surface area contributed by atoms with E-state index in [1.807, 2.05) is 85.1 Å². The Morgan fingerprint density at radius 3 is 2.62 bits per heavy atom. The highest BCUT2D eigenvalue weighted by molar-refractivity contribution is 6.06. The van der Waals surface area contributed by atoms with E-state index in [1.165, 1.54) is 0 Å². The van der Waals surface area contributed by atoms with E-state index >= 15 is 0 Å². The van der Waals surface area contributed by atoms with Crippen LogP contribution in [-0.4, -0.2) is 10.9 Å². The predicted molar refractivity (Wildman–Crippen MR) is 103 cm³/mol. The SMILES string of the molecule is O=C(Nc1ccccc1COc1ccccc1)c1ccc2cc[nH]c2c1. The summed E-state index contributed by atoms with van der Waals surface area (Å²) in [6, 6.07) is 24.9. The number of ether oxygens (including phenoxy) is 1. The molecule has 0 radical (unpaired) electrons. The van der Waals surface area contributed by atoms with Gasteiger partial charge in [0.05, 0.1) is 0 Å². The van der Waals surface area contributed by atoms with Crippen molar-refractivity contribution in [3.8, 4) is 5.75 Å². The Morgan fingerprint density at radius 2 is 1.73 bits per heavy atom. The maximum Gasteiger partial charge on any atom is 0.255 e. The van der Waals surface area contributed by atoms with Gasteiger partial charge in [0.15, 0.2) is 0 Å². The summed E-state index contributed by atoms with van der Waals surface area (Å²) >= 11 is 0. The van der Waals surface area contributed by atoms with Gasteiger partial charge in [-0.2, -0.15) is 0 Å². The molecule has 3 aromatic carbocycles. The number of aromatic amines is 1. The van der Waals surface area contributed by atoms with Crippen molar-refractivity contribution in [3.63, 3.8) is 0 Å². The molecule has 4 rings (SSSR count). The lowest BCUT2D eigenvalue weighted by Gasteiger charge is -2.12. The number of anilines is 1. The number of para-hydroxylation sites is 2. The molecular formula is C22H18N2O2. The fourth-order valence-electron chi connectivity index (χ4n) is 2.83. The predicted octanol–water partition coefficient (Wildman–Crippen LogP) is 5.00. The van der Waals surface area contributed by atoms with Crippen molar-refractivity contribution in [1.82, 2.24) is 4.98 Å². The molecule has 0 spiro atoms. The Hall–Kier alpha value is -3.53. The highest BCUT2D eigenvalue weighted by Crippen LogP contribution is 2.20. The van der Waals surface area contributed by atoms with Crippen LogP contribution in [0.3, 0.4) is 0 Å². The van der Waals surface area contributed by atoms with Crippen molar-refractivity contribution >= 4 is 22.5 Å². The van der Waals surface area contributed by atoms with Crippen LogP contribution in [0.5, 0.6) is 5.75 Å². The van der Waals surface area contributed by atoms with E-state index in [1.54, 1.807) is 0 Å². The van der Waals surface area contributed by atoms with Crippen molar-refractivity contribution in [1.29, 1.82) is 0 Å². The minimum absolute atomic E-state index is 0.145. The number of benzene rings is 3. The van der Waals surface area contributed by atoms with E-state index in [-0.39, 0.29) is 5.91 Å². The average molecular weight is 342 g/mol. The summed E-state index contributed by atoms with van der Waals surface area (Å²) in [5.74, 6) is 0.652. The number of fused-ring (bicyclic) bond motifs is 1. The van der Waals surface area contributed by atoms with Gasteiger partial charge in [-0.25, -0.2) is 0 Å². The van der Waals surface area contributed by atoms with Crippen LogP contribution >= 0.6 is 0 Å². The van der Waals surface area contributed by atoms with Gasteiger partial charge in [-0.1, -0.05) is 42.5 Å². The summed E-state index contributed by atoms with van der Waals surface area (Å²) < 4.78 is 5.81. The normalized spacial score (nSPS) is 10.6. The highest BCUT2D eigenvalue weighted by Gasteiger charge is 2.10. The number of amides is 1. The topological polar surface area (TPSA) is 54.1 Å². The van der Waals surface area contributed by atoms with E-state index in [0.29, 0.717) is 12.2 Å². The van der Waals surface area contributed by atoms with Crippen molar-refractivity contribution in [2.75, 3.05) is 5.32 Å². The second kappa shape index (κ2) is 7.15. The van der Waals surface area contributed by atoms with Crippen LogP contribution in [0.4, 0.5) is 5.69 Å². The zero-order valence-electron chi connectivity index (χ0n) is 14.1. The largest absolute Gasteiger partial charge is 0.489 e. The van der Waals surface area contributed by atoms with Crippen LogP contribution in [0, 0.1) is 0 Å². The van der Waals surface area contributed by atoms with Crippen LogP contribution in [0.25, 0.3) is 10.9 Å². The first-order chi connectivity index (χ1) is 12.8. The number of hydrogen-bond acceptors (Lipinski definition) is 2. The molecular weight excluding hydrogens is 324 g/mol. The summed E-state index contributed by atoms with van der Waals surface area (Å²) in [6.07, 6.45) is 1.86. The lowest BCUT2D eigenvalue weighted by molar-refractivity contribution is 0.102. The van der Waals surface area contributed by atoms with Gasteiger partial charge in [-0.05, 0) is 41.8 Å². The van der Waals surface area contributed by atoms with Crippen LogP contribution in [0.1, 0.15) is 15.9 Å². The summed E-state index contributed by atoms with van der Waals surface area (Å²) in [5.41, 5.74) is 3.22. The van der Waals surface area contributed by atoms with E-state index in [4.69, 9.17) is 4.74 Å². The van der Waals surface area contributed by atoms with Crippen LogP contribution in [0.15, 0.2) is 85.1 Å². The quantitative estimate of drug-likeness (QED) is 0.536. The number of nitrogens with one attached hydrogen (secondary N) is 2. The maximum atomic E-state index is 12.6. The molecule has 128 valence electrons. The Bertz CT molecular complexity index is 1040. The van der Waals surface area contributed by atoms with E-state index in [9.17, 15) is 4.79 Å². The van der Waals surface area contributed by atoms with Crippen molar-refractivity contribution < 1.29 is 9.53 Å². The van der Waals surface area contributed by atoms with Gasteiger partial charge in [-0.3, -0.25) is 4.79 Å². The monoisotopic (exact) mass is 342 g/mol. The third-order valence-electron chi connectivity index (χ3n) is 4.22. The second-order valence-electron chi connectivity index (χ2n) is 5.99. The third-order valence-corrected chi connectivity index (χ3v) is 4.22. The Kier molecular flexibility index (Phi) is 4.39. The van der Waals surface area contributed by atoms with E-state index in [0.717, 1.165) is 27.9 Å². The number of carbonyl (C=O) groups is 1. The Labute approximate surface area is 151 Å². The number of H-pyrrole nitrogens is 1. The maximum absolute atomic E-state index is 12.6. The molecule has 1 heterocycles. The fourth-order valence-corrected chi connectivity index (χ4v) is 2.83. The molecule has 1 aromatic heterocycles. The zero-order chi connectivity index (χ0) is 17.8. The van der Waals surface area contributed by atoms with Gasteiger partial charge >= 0.3 is 0 Å². The number of hydrogen-bond donors (Lipinski definition) is 2. The first-order valence-corrected chi connectivity index (χ1v) is 8.44. The fraction of sp³-hybridized carbons (Fsp3) is 0.0455. The molecule has 0 aliphatic rings. The molecule has 0 fully saturated rings. The molecule has 0 aliphatic carbocycles. The van der Waals surface area contributed by atoms with Gasteiger partial charge in [0.2, 0.25) is 0 Å². The second-order valence-corrected chi connectivity index (χ2v) is 5.99. The standard InChI is InChI=1S/C22H18N2O2/c25-22(17-11-10-16-12-13-23-21(16)14-17)24-20-9-5-4-6-18(20)15-26-19-7-2-1-3-8-19/h1-14,23H,15H2,(H,24,25). The van der Waals surface area contributed by atoms with Gasteiger partial charge in [0, 0.05) is 28.5 Å². The summed E-state index contributed by atoms with van der Waals surface area (Å²) in [4.78, 5) is 15.8. The molecule has 0 unspecified atom stereocenters. The van der Waals surface area contributed by atoms with Crippen molar-refractivity contribution in [3.05, 3.63) is 96.2 Å². The molecule has 4 heteroatoms. The lowest BCUT2D eigenvalue weighted by atomic mass is 10.1. The number of rotatable bonds is 5. The molecule has 4 nitrogen and oxygen atoms in total. The van der Waals surface area contributed by atoms with Gasteiger partial charge in [0.1, 0.15) is 12.4 Å². The van der Waals surface area contributed by atoms with E-state index in [2.05, 4.69) is 10.3 Å². The summed E-state index contributed by atoms with van der Waals surface area (Å²) in [7, 11) is 0. The van der Waals surface area contributed by atoms with Gasteiger partial charge < -0.3 is 15.0 Å². The molecule has 0 bridgehead atoms. The van der Waals surface area contributed by atoms with Crippen LogP contribution < -0.4 is 10.1 Å². The molecule has 0 saturated heterocycles. The molecule has 4 aromatic rings. The molecule has 26 heavy (non-hydrogen) atoms. The van der Waals surface area contributed by atoms with Crippen molar-refractivity contribution in [2.45, 2.75) is 6.61 Å². The minimum Gasteiger partial charge on any atom is -0.489 e. The van der Waals surface area contributed by atoms with Crippen LogP contribution in [0.2, 0.25) is 0 Å². The number of carbonyl (C=O) groups excluding carboxylic acids is 1. The number of aromatic nitrogens is 1. The lowest BCUT2D eigenvalue weighted by Crippen LogP contribution is -2.13. The Balaban J connectivity index is 1.51. The smallest absolute Gasteiger partial charge is 0.255 e. The molecule has 2 N–H and O–H groups in total.